The van der Waals surface area contributed by atoms with Gasteiger partial charge in [-0.1, -0.05) is 30.3 Å². The fourth-order valence-corrected chi connectivity index (χ4v) is 2.35. The van der Waals surface area contributed by atoms with Gasteiger partial charge in [-0.25, -0.2) is 0 Å². The van der Waals surface area contributed by atoms with E-state index < -0.39 is 0 Å². The smallest absolute Gasteiger partial charge is 0.0594 e. The highest BCUT2D eigenvalue weighted by molar-refractivity contribution is 5.19. The zero-order valence-corrected chi connectivity index (χ0v) is 10.5. The lowest BCUT2D eigenvalue weighted by Gasteiger charge is -2.34. The van der Waals surface area contributed by atoms with Crippen LogP contribution in [-0.2, 0) is 9.47 Å². The van der Waals surface area contributed by atoms with Gasteiger partial charge in [-0.2, -0.15) is 0 Å². The van der Waals surface area contributed by atoms with Gasteiger partial charge in [-0.05, 0) is 12.0 Å². The molecular formula is C14H21NO2. The van der Waals surface area contributed by atoms with Crippen LogP contribution in [0.1, 0.15) is 18.0 Å². The van der Waals surface area contributed by atoms with Crippen LogP contribution in [0.3, 0.4) is 0 Å². The highest BCUT2D eigenvalue weighted by Gasteiger charge is 2.21. The Labute approximate surface area is 103 Å². The third-order valence-electron chi connectivity index (χ3n) is 3.27. The van der Waals surface area contributed by atoms with E-state index in [1.54, 1.807) is 7.11 Å². The molecule has 1 saturated heterocycles. The molecule has 1 heterocycles. The molecule has 94 valence electrons. The Morgan fingerprint density at radius 2 is 1.94 bits per heavy atom. The zero-order valence-electron chi connectivity index (χ0n) is 10.5. The summed E-state index contributed by atoms with van der Waals surface area (Å²) in [6.45, 7) is 4.52. The van der Waals surface area contributed by atoms with E-state index in [1.165, 1.54) is 5.56 Å². The number of nitrogens with zero attached hydrogens (tertiary/aromatic N) is 1. The number of hydrogen-bond acceptors (Lipinski definition) is 3. The normalized spacial score (nSPS) is 19.1. The summed E-state index contributed by atoms with van der Waals surface area (Å²) in [6.07, 6.45) is 1.04. The molecule has 0 bridgehead atoms. The Balaban J connectivity index is 2.06. The Kier molecular flexibility index (Phi) is 4.98. The zero-order chi connectivity index (χ0) is 11.9. The van der Waals surface area contributed by atoms with Gasteiger partial charge in [0.05, 0.1) is 13.2 Å². The average molecular weight is 235 g/mol. The Morgan fingerprint density at radius 1 is 1.24 bits per heavy atom. The molecule has 0 amide bonds. The van der Waals surface area contributed by atoms with Gasteiger partial charge in [0.15, 0.2) is 0 Å². The van der Waals surface area contributed by atoms with Crippen LogP contribution in [0.2, 0.25) is 0 Å². The molecule has 0 aliphatic carbocycles. The van der Waals surface area contributed by atoms with Crippen LogP contribution in [0.4, 0.5) is 0 Å². The molecule has 1 unspecified atom stereocenters. The van der Waals surface area contributed by atoms with Gasteiger partial charge in [0.2, 0.25) is 0 Å². The second kappa shape index (κ2) is 6.74. The van der Waals surface area contributed by atoms with E-state index in [-0.39, 0.29) is 0 Å². The van der Waals surface area contributed by atoms with E-state index in [2.05, 4.69) is 35.2 Å². The van der Waals surface area contributed by atoms with Crippen molar-refractivity contribution < 1.29 is 9.47 Å². The Hall–Kier alpha value is -0.900. The fourth-order valence-electron chi connectivity index (χ4n) is 2.35. The summed E-state index contributed by atoms with van der Waals surface area (Å²) in [5.74, 6) is 0. The van der Waals surface area contributed by atoms with Crippen LogP contribution in [0.5, 0.6) is 0 Å². The molecule has 1 atom stereocenters. The van der Waals surface area contributed by atoms with Crippen molar-refractivity contribution in [2.24, 2.45) is 0 Å². The van der Waals surface area contributed by atoms with Gasteiger partial charge < -0.3 is 9.47 Å². The van der Waals surface area contributed by atoms with Crippen molar-refractivity contribution in [1.82, 2.24) is 4.90 Å². The molecule has 0 aromatic heterocycles. The molecule has 2 rings (SSSR count). The summed E-state index contributed by atoms with van der Waals surface area (Å²) in [6, 6.07) is 11.1. The van der Waals surface area contributed by atoms with Crippen molar-refractivity contribution in [3.63, 3.8) is 0 Å². The quantitative estimate of drug-likeness (QED) is 0.780. The van der Waals surface area contributed by atoms with E-state index in [0.717, 1.165) is 39.3 Å². The van der Waals surface area contributed by atoms with Crippen LogP contribution in [-0.4, -0.2) is 44.9 Å². The summed E-state index contributed by atoms with van der Waals surface area (Å²) in [4.78, 5) is 2.50. The van der Waals surface area contributed by atoms with Crippen molar-refractivity contribution >= 4 is 0 Å². The van der Waals surface area contributed by atoms with E-state index in [0.29, 0.717) is 6.04 Å². The van der Waals surface area contributed by atoms with Gasteiger partial charge in [0.1, 0.15) is 0 Å². The Morgan fingerprint density at radius 3 is 2.59 bits per heavy atom. The second-order valence-corrected chi connectivity index (χ2v) is 4.36. The third kappa shape index (κ3) is 3.53. The fraction of sp³-hybridized carbons (Fsp3) is 0.571. The minimum atomic E-state index is 0.458. The maximum Gasteiger partial charge on any atom is 0.0594 e. The van der Waals surface area contributed by atoms with E-state index in [4.69, 9.17) is 9.47 Å². The second-order valence-electron chi connectivity index (χ2n) is 4.36. The first-order valence-electron chi connectivity index (χ1n) is 6.27. The minimum absolute atomic E-state index is 0.458. The lowest BCUT2D eigenvalue weighted by molar-refractivity contribution is 0.00885. The standard InChI is InChI=1S/C14H21NO2/c1-16-10-7-14(13-5-3-2-4-6-13)15-8-11-17-12-9-15/h2-6,14H,7-12H2,1H3. The highest BCUT2D eigenvalue weighted by atomic mass is 16.5. The highest BCUT2D eigenvalue weighted by Crippen LogP contribution is 2.24. The van der Waals surface area contributed by atoms with E-state index in [1.807, 2.05) is 0 Å². The van der Waals surface area contributed by atoms with Gasteiger partial charge in [-0.3, -0.25) is 4.90 Å². The summed E-state index contributed by atoms with van der Waals surface area (Å²) in [5.41, 5.74) is 1.38. The summed E-state index contributed by atoms with van der Waals surface area (Å²) in [7, 11) is 1.77. The number of ether oxygens (including phenoxy) is 2. The van der Waals surface area contributed by atoms with Gasteiger partial charge >= 0.3 is 0 Å². The molecule has 1 aromatic rings. The number of methoxy groups -OCH3 is 1. The molecule has 1 aliphatic heterocycles. The molecule has 1 aliphatic rings. The van der Waals surface area contributed by atoms with E-state index in [9.17, 15) is 0 Å². The van der Waals surface area contributed by atoms with Crippen LogP contribution in [0.15, 0.2) is 30.3 Å². The molecule has 3 nitrogen and oxygen atoms in total. The first-order valence-corrected chi connectivity index (χ1v) is 6.27. The average Bonchev–Trinajstić information content (AvgIpc) is 2.42. The predicted molar refractivity (Wildman–Crippen MR) is 68.1 cm³/mol. The van der Waals surface area contributed by atoms with Gasteiger partial charge in [0, 0.05) is 32.8 Å². The lowest BCUT2D eigenvalue weighted by atomic mass is 10.0. The molecule has 0 spiro atoms. The molecular weight excluding hydrogens is 214 g/mol. The molecule has 0 N–H and O–H groups in total. The van der Waals surface area contributed by atoms with Crippen molar-refractivity contribution in [1.29, 1.82) is 0 Å². The maximum atomic E-state index is 5.42. The number of rotatable bonds is 5. The van der Waals surface area contributed by atoms with E-state index >= 15 is 0 Å². The van der Waals surface area contributed by atoms with Gasteiger partial charge in [0.25, 0.3) is 0 Å². The van der Waals surface area contributed by atoms with Crippen molar-refractivity contribution in [3.05, 3.63) is 35.9 Å². The van der Waals surface area contributed by atoms with Crippen molar-refractivity contribution in [3.8, 4) is 0 Å². The monoisotopic (exact) mass is 235 g/mol. The molecule has 0 saturated carbocycles. The van der Waals surface area contributed by atoms with Crippen LogP contribution >= 0.6 is 0 Å². The van der Waals surface area contributed by atoms with Crippen LogP contribution < -0.4 is 0 Å². The summed E-state index contributed by atoms with van der Waals surface area (Å²) < 4.78 is 10.6. The molecule has 17 heavy (non-hydrogen) atoms. The lowest BCUT2D eigenvalue weighted by Crippen LogP contribution is -2.39. The first-order chi connectivity index (χ1) is 8.42. The molecule has 3 heteroatoms. The molecule has 1 fully saturated rings. The van der Waals surface area contributed by atoms with Crippen LogP contribution in [0, 0.1) is 0 Å². The topological polar surface area (TPSA) is 21.7 Å². The maximum absolute atomic E-state index is 5.42. The van der Waals surface area contributed by atoms with Gasteiger partial charge in [-0.15, -0.1) is 0 Å². The Bertz CT molecular complexity index is 309. The number of morpholine rings is 1. The predicted octanol–water partition coefficient (Wildman–Crippen LogP) is 2.10. The number of benzene rings is 1. The summed E-state index contributed by atoms with van der Waals surface area (Å²) >= 11 is 0. The first kappa shape index (κ1) is 12.6. The van der Waals surface area contributed by atoms with Crippen molar-refractivity contribution in [2.75, 3.05) is 40.0 Å². The molecule has 0 radical (unpaired) electrons. The summed E-state index contributed by atoms with van der Waals surface area (Å²) in [5, 5.41) is 0. The number of hydrogen-bond donors (Lipinski definition) is 0. The van der Waals surface area contributed by atoms with Crippen molar-refractivity contribution in [2.45, 2.75) is 12.5 Å². The molecule has 1 aromatic carbocycles. The SMILES string of the molecule is COCCC(c1ccccc1)N1CCOCC1. The largest absolute Gasteiger partial charge is 0.385 e. The third-order valence-corrected chi connectivity index (χ3v) is 3.27. The minimum Gasteiger partial charge on any atom is -0.385 e. The van der Waals surface area contributed by atoms with Crippen LogP contribution in [0.25, 0.3) is 0 Å².